The van der Waals surface area contributed by atoms with Crippen LogP contribution in [-0.4, -0.2) is 25.0 Å². The molecule has 1 aliphatic heterocycles. The van der Waals surface area contributed by atoms with Gasteiger partial charge in [-0.05, 0) is 38.3 Å². The fourth-order valence-electron chi connectivity index (χ4n) is 2.69. The lowest BCUT2D eigenvalue weighted by atomic mass is 9.86. The van der Waals surface area contributed by atoms with E-state index in [4.69, 9.17) is 0 Å². The number of rotatable bonds is 0. The highest BCUT2D eigenvalue weighted by atomic mass is 15.1. The van der Waals surface area contributed by atoms with Crippen molar-refractivity contribution in [3.05, 3.63) is 0 Å². The van der Waals surface area contributed by atoms with Gasteiger partial charge >= 0.3 is 0 Å². The highest BCUT2D eigenvalue weighted by molar-refractivity contribution is 4.91. The molecule has 58 valence electrons. The van der Waals surface area contributed by atoms with Crippen LogP contribution in [0.25, 0.3) is 0 Å². The summed E-state index contributed by atoms with van der Waals surface area (Å²) in [6.45, 7) is 2.73. The van der Waals surface area contributed by atoms with Crippen molar-refractivity contribution >= 4 is 0 Å². The largest absolute Gasteiger partial charge is 0.306 e. The maximum atomic E-state index is 2.49. The number of hydrogen-bond donors (Lipinski definition) is 0. The third kappa shape index (κ3) is 0.968. The van der Waals surface area contributed by atoms with Crippen LogP contribution in [0.3, 0.4) is 0 Å². The molecular weight excluding hydrogens is 122 g/mol. The molecule has 0 bridgehead atoms. The zero-order valence-electron chi connectivity index (χ0n) is 6.90. The van der Waals surface area contributed by atoms with Crippen molar-refractivity contribution in [3.8, 4) is 0 Å². The van der Waals surface area contributed by atoms with Gasteiger partial charge in [0.15, 0.2) is 0 Å². The monoisotopic (exact) mass is 139 g/mol. The summed E-state index contributed by atoms with van der Waals surface area (Å²) in [4.78, 5) is 2.49. The van der Waals surface area contributed by atoms with Gasteiger partial charge in [0.05, 0.1) is 0 Å². The molecule has 1 saturated heterocycles. The van der Waals surface area contributed by atoms with Crippen LogP contribution in [0, 0.1) is 5.41 Å². The second kappa shape index (κ2) is 2.23. The molecule has 1 saturated carbocycles. The van der Waals surface area contributed by atoms with Gasteiger partial charge < -0.3 is 4.90 Å². The van der Waals surface area contributed by atoms with E-state index in [-0.39, 0.29) is 0 Å². The molecule has 1 aliphatic carbocycles. The van der Waals surface area contributed by atoms with Crippen LogP contribution in [0.2, 0.25) is 0 Å². The Morgan fingerprint density at radius 2 is 1.80 bits per heavy atom. The summed E-state index contributed by atoms with van der Waals surface area (Å²) >= 11 is 0. The third-order valence-corrected chi connectivity index (χ3v) is 3.29. The zero-order chi connectivity index (χ0) is 7.03. The van der Waals surface area contributed by atoms with Crippen LogP contribution in [0.1, 0.15) is 32.1 Å². The van der Waals surface area contributed by atoms with E-state index in [1.165, 1.54) is 45.2 Å². The smallest absolute Gasteiger partial charge is 0.00354 e. The topological polar surface area (TPSA) is 3.24 Å². The minimum Gasteiger partial charge on any atom is -0.306 e. The molecule has 0 aromatic carbocycles. The van der Waals surface area contributed by atoms with Crippen LogP contribution in [0.4, 0.5) is 0 Å². The zero-order valence-corrected chi connectivity index (χ0v) is 6.90. The van der Waals surface area contributed by atoms with E-state index in [1.807, 2.05) is 0 Å². The minimum absolute atomic E-state index is 0.786. The Morgan fingerprint density at radius 1 is 1.10 bits per heavy atom. The van der Waals surface area contributed by atoms with Gasteiger partial charge in [-0.1, -0.05) is 12.8 Å². The van der Waals surface area contributed by atoms with E-state index in [2.05, 4.69) is 11.9 Å². The fourth-order valence-corrected chi connectivity index (χ4v) is 2.69. The van der Waals surface area contributed by atoms with E-state index in [1.54, 1.807) is 0 Å². The summed E-state index contributed by atoms with van der Waals surface area (Å²) < 4.78 is 0. The molecule has 1 heteroatoms. The molecule has 2 aliphatic rings. The summed E-state index contributed by atoms with van der Waals surface area (Å²) in [5, 5.41) is 0. The van der Waals surface area contributed by atoms with Crippen molar-refractivity contribution in [1.29, 1.82) is 0 Å². The lowest BCUT2D eigenvalue weighted by molar-refractivity contribution is 0.289. The lowest BCUT2D eigenvalue weighted by Gasteiger charge is -2.21. The molecule has 2 rings (SSSR count). The summed E-state index contributed by atoms with van der Waals surface area (Å²) in [5.41, 5.74) is 0.786. The van der Waals surface area contributed by atoms with Crippen molar-refractivity contribution < 1.29 is 0 Å². The molecule has 0 atom stereocenters. The Hall–Kier alpha value is -0.0400. The highest BCUT2D eigenvalue weighted by Crippen LogP contribution is 2.44. The summed E-state index contributed by atoms with van der Waals surface area (Å²) in [5.74, 6) is 0. The first-order chi connectivity index (χ1) is 4.81. The first-order valence-corrected chi connectivity index (χ1v) is 4.49. The molecule has 1 heterocycles. The Balaban J connectivity index is 2.03. The molecule has 2 fully saturated rings. The lowest BCUT2D eigenvalue weighted by Crippen LogP contribution is -2.21. The van der Waals surface area contributed by atoms with Gasteiger partial charge in [0.1, 0.15) is 0 Å². The van der Waals surface area contributed by atoms with E-state index in [0.717, 1.165) is 5.41 Å². The van der Waals surface area contributed by atoms with Gasteiger partial charge in [0.25, 0.3) is 0 Å². The van der Waals surface area contributed by atoms with Crippen molar-refractivity contribution in [1.82, 2.24) is 4.90 Å². The molecule has 0 aromatic heterocycles. The molecule has 0 radical (unpaired) electrons. The average Bonchev–Trinajstić information content (AvgIpc) is 2.46. The normalized spacial score (nSPS) is 32.1. The number of hydrogen-bond acceptors (Lipinski definition) is 1. The third-order valence-electron chi connectivity index (χ3n) is 3.29. The van der Waals surface area contributed by atoms with Gasteiger partial charge in [0, 0.05) is 6.54 Å². The molecular formula is C9H17N. The Kier molecular flexibility index (Phi) is 1.48. The summed E-state index contributed by atoms with van der Waals surface area (Å²) in [6, 6.07) is 0. The number of likely N-dealkylation sites (tertiary alicyclic amines) is 1. The molecule has 10 heavy (non-hydrogen) atoms. The predicted molar refractivity (Wildman–Crippen MR) is 43.0 cm³/mol. The Morgan fingerprint density at radius 3 is 2.30 bits per heavy atom. The van der Waals surface area contributed by atoms with Crippen molar-refractivity contribution in [2.45, 2.75) is 32.1 Å². The average molecular weight is 139 g/mol. The van der Waals surface area contributed by atoms with Crippen LogP contribution in [0.15, 0.2) is 0 Å². The van der Waals surface area contributed by atoms with Gasteiger partial charge in [-0.2, -0.15) is 0 Å². The molecule has 1 nitrogen and oxygen atoms in total. The Labute approximate surface area is 63.4 Å². The van der Waals surface area contributed by atoms with Gasteiger partial charge in [-0.25, -0.2) is 0 Å². The second-order valence-electron chi connectivity index (χ2n) is 4.19. The predicted octanol–water partition coefficient (Wildman–Crippen LogP) is 1.88. The van der Waals surface area contributed by atoms with E-state index < -0.39 is 0 Å². The quantitative estimate of drug-likeness (QED) is 0.495. The first kappa shape index (κ1) is 6.66. The Bertz CT molecular complexity index is 125. The molecule has 0 unspecified atom stereocenters. The first-order valence-electron chi connectivity index (χ1n) is 4.49. The SMILES string of the molecule is CN1CCC2(CCCC2)C1. The molecule has 1 spiro atoms. The standard InChI is InChI=1S/C9H17N/c1-10-7-6-9(8-10)4-2-3-5-9/h2-8H2,1H3. The summed E-state index contributed by atoms with van der Waals surface area (Å²) in [6.07, 6.45) is 7.49. The molecule has 0 aromatic rings. The highest BCUT2D eigenvalue weighted by Gasteiger charge is 2.38. The van der Waals surface area contributed by atoms with Crippen LogP contribution < -0.4 is 0 Å². The van der Waals surface area contributed by atoms with E-state index in [9.17, 15) is 0 Å². The second-order valence-corrected chi connectivity index (χ2v) is 4.19. The van der Waals surface area contributed by atoms with Crippen molar-refractivity contribution in [2.24, 2.45) is 5.41 Å². The molecule has 0 amide bonds. The van der Waals surface area contributed by atoms with Crippen LogP contribution in [-0.2, 0) is 0 Å². The van der Waals surface area contributed by atoms with E-state index >= 15 is 0 Å². The maximum absolute atomic E-state index is 2.49. The van der Waals surface area contributed by atoms with Gasteiger partial charge in [0.2, 0.25) is 0 Å². The maximum Gasteiger partial charge on any atom is 0.00354 e. The fraction of sp³-hybridized carbons (Fsp3) is 1.00. The summed E-state index contributed by atoms with van der Waals surface area (Å²) in [7, 11) is 2.26. The number of nitrogens with zero attached hydrogens (tertiary/aromatic N) is 1. The van der Waals surface area contributed by atoms with Crippen molar-refractivity contribution in [2.75, 3.05) is 20.1 Å². The molecule has 0 N–H and O–H groups in total. The van der Waals surface area contributed by atoms with Crippen LogP contribution >= 0.6 is 0 Å². The van der Waals surface area contributed by atoms with Gasteiger partial charge in [-0.3, -0.25) is 0 Å². The van der Waals surface area contributed by atoms with Gasteiger partial charge in [-0.15, -0.1) is 0 Å². The van der Waals surface area contributed by atoms with E-state index in [0.29, 0.717) is 0 Å². The van der Waals surface area contributed by atoms with Crippen LogP contribution in [0.5, 0.6) is 0 Å². The van der Waals surface area contributed by atoms with Crippen molar-refractivity contribution in [3.63, 3.8) is 0 Å². The minimum atomic E-state index is 0.786.